The molecule has 0 saturated heterocycles. The summed E-state index contributed by atoms with van der Waals surface area (Å²) in [5.41, 5.74) is 0.369. The second-order valence-corrected chi connectivity index (χ2v) is 4.15. The van der Waals surface area contributed by atoms with Crippen LogP contribution >= 0.6 is 0 Å². The maximum absolute atomic E-state index is 9.46. The zero-order valence-corrected chi connectivity index (χ0v) is 6.54. The summed E-state index contributed by atoms with van der Waals surface area (Å²) >= 11 is 0. The quantitative estimate of drug-likeness (QED) is 0.504. The molecule has 56 valence electrons. The molecule has 1 saturated carbocycles. The molecule has 3 unspecified atom stereocenters. The minimum atomic E-state index is -0.167. The normalized spacial score (nSPS) is 48.5. The van der Waals surface area contributed by atoms with Crippen LogP contribution in [0.15, 0.2) is 12.2 Å². The lowest BCUT2D eigenvalue weighted by atomic mass is 9.50. The van der Waals surface area contributed by atoms with Crippen molar-refractivity contribution in [1.82, 2.24) is 0 Å². The molecule has 3 atom stereocenters. The summed E-state index contributed by atoms with van der Waals surface area (Å²) in [5.74, 6) is 1.27. The Morgan fingerprint density at radius 2 is 2.10 bits per heavy atom. The van der Waals surface area contributed by atoms with Crippen LogP contribution in [0, 0.1) is 17.3 Å². The standard InChI is InChI=1S/C9H14O/c1-9(2)6-3-4-8(10)7(9)5-6/h3-4,6-8,10H,5H2,1-2H3. The van der Waals surface area contributed by atoms with E-state index in [9.17, 15) is 5.11 Å². The van der Waals surface area contributed by atoms with E-state index in [0.717, 1.165) is 5.92 Å². The van der Waals surface area contributed by atoms with Gasteiger partial charge in [-0.3, -0.25) is 0 Å². The fraction of sp³-hybridized carbons (Fsp3) is 0.778. The lowest BCUT2D eigenvalue weighted by Gasteiger charge is -2.55. The van der Waals surface area contributed by atoms with Crippen molar-refractivity contribution >= 4 is 0 Å². The third-order valence-electron chi connectivity index (χ3n) is 3.37. The van der Waals surface area contributed by atoms with Gasteiger partial charge in [0.1, 0.15) is 0 Å². The van der Waals surface area contributed by atoms with Crippen molar-refractivity contribution in [3.8, 4) is 0 Å². The number of allylic oxidation sites excluding steroid dienone is 1. The molecule has 1 fully saturated rings. The van der Waals surface area contributed by atoms with Crippen molar-refractivity contribution in [1.29, 1.82) is 0 Å². The van der Waals surface area contributed by atoms with Gasteiger partial charge in [-0.2, -0.15) is 0 Å². The third kappa shape index (κ3) is 0.567. The monoisotopic (exact) mass is 138 g/mol. The molecule has 3 rings (SSSR count). The van der Waals surface area contributed by atoms with Crippen molar-refractivity contribution in [2.24, 2.45) is 17.3 Å². The molecule has 10 heavy (non-hydrogen) atoms. The fourth-order valence-corrected chi connectivity index (χ4v) is 2.28. The van der Waals surface area contributed by atoms with E-state index in [-0.39, 0.29) is 6.10 Å². The van der Waals surface area contributed by atoms with Gasteiger partial charge in [-0.15, -0.1) is 0 Å². The molecule has 1 nitrogen and oxygen atoms in total. The van der Waals surface area contributed by atoms with Crippen molar-refractivity contribution in [2.75, 3.05) is 0 Å². The Morgan fingerprint density at radius 1 is 1.40 bits per heavy atom. The van der Waals surface area contributed by atoms with E-state index in [1.807, 2.05) is 6.08 Å². The van der Waals surface area contributed by atoms with Gasteiger partial charge in [0.25, 0.3) is 0 Å². The Morgan fingerprint density at radius 3 is 2.40 bits per heavy atom. The molecule has 3 aliphatic carbocycles. The average molecular weight is 138 g/mol. The number of rotatable bonds is 0. The van der Waals surface area contributed by atoms with E-state index in [0.29, 0.717) is 11.3 Å². The van der Waals surface area contributed by atoms with E-state index in [1.54, 1.807) is 0 Å². The van der Waals surface area contributed by atoms with Crippen LogP contribution in [0.25, 0.3) is 0 Å². The molecule has 3 aliphatic rings. The molecule has 0 radical (unpaired) electrons. The molecular formula is C9H14O. The minimum Gasteiger partial charge on any atom is -0.389 e. The highest BCUT2D eigenvalue weighted by Gasteiger charge is 2.51. The molecule has 0 aromatic carbocycles. The second kappa shape index (κ2) is 1.65. The van der Waals surface area contributed by atoms with Crippen LogP contribution in [0.3, 0.4) is 0 Å². The number of fused-ring (bicyclic) bond motifs is 1. The Hall–Kier alpha value is -0.300. The van der Waals surface area contributed by atoms with Crippen LogP contribution in [0.4, 0.5) is 0 Å². The van der Waals surface area contributed by atoms with Crippen LogP contribution in [0.5, 0.6) is 0 Å². The summed E-state index contributed by atoms with van der Waals surface area (Å²) in [6, 6.07) is 0. The molecular weight excluding hydrogens is 124 g/mol. The maximum Gasteiger partial charge on any atom is 0.0754 e. The Kier molecular flexibility index (Phi) is 1.06. The van der Waals surface area contributed by atoms with Crippen LogP contribution in [0.2, 0.25) is 0 Å². The third-order valence-corrected chi connectivity index (χ3v) is 3.37. The minimum absolute atomic E-state index is 0.167. The van der Waals surface area contributed by atoms with Gasteiger partial charge in [0.15, 0.2) is 0 Å². The van der Waals surface area contributed by atoms with Crippen LogP contribution in [-0.2, 0) is 0 Å². The summed E-state index contributed by atoms with van der Waals surface area (Å²) in [4.78, 5) is 0. The maximum atomic E-state index is 9.46. The zero-order valence-electron chi connectivity index (χ0n) is 6.54. The van der Waals surface area contributed by atoms with Crippen molar-refractivity contribution in [2.45, 2.75) is 26.4 Å². The van der Waals surface area contributed by atoms with Gasteiger partial charge in [-0.05, 0) is 23.7 Å². The molecule has 1 N–H and O–H groups in total. The van der Waals surface area contributed by atoms with E-state index in [4.69, 9.17) is 0 Å². The molecule has 0 aromatic rings. The Bertz CT molecular complexity index is 181. The number of aliphatic hydroxyl groups excluding tert-OH is 1. The number of hydrogen-bond donors (Lipinski definition) is 1. The summed E-state index contributed by atoms with van der Waals surface area (Å²) in [6.07, 6.45) is 5.15. The molecule has 0 aromatic heterocycles. The first-order valence-electron chi connectivity index (χ1n) is 3.99. The first kappa shape index (κ1) is 6.41. The molecule has 0 aliphatic heterocycles. The predicted octanol–water partition coefficient (Wildman–Crippen LogP) is 1.58. The van der Waals surface area contributed by atoms with Crippen LogP contribution in [0.1, 0.15) is 20.3 Å². The van der Waals surface area contributed by atoms with Crippen LogP contribution < -0.4 is 0 Å². The smallest absolute Gasteiger partial charge is 0.0754 e. The highest BCUT2D eigenvalue weighted by Crippen LogP contribution is 2.56. The second-order valence-electron chi connectivity index (χ2n) is 4.15. The highest BCUT2D eigenvalue weighted by molar-refractivity contribution is 5.17. The lowest BCUT2D eigenvalue weighted by Crippen LogP contribution is -2.51. The first-order chi connectivity index (χ1) is 4.62. The number of aliphatic hydroxyl groups is 1. The van der Waals surface area contributed by atoms with Gasteiger partial charge in [0.05, 0.1) is 6.10 Å². The van der Waals surface area contributed by atoms with Crippen molar-refractivity contribution < 1.29 is 5.11 Å². The van der Waals surface area contributed by atoms with Gasteiger partial charge < -0.3 is 5.11 Å². The van der Waals surface area contributed by atoms with Gasteiger partial charge in [0, 0.05) is 0 Å². The van der Waals surface area contributed by atoms with E-state index >= 15 is 0 Å². The summed E-state index contributed by atoms with van der Waals surface area (Å²) in [7, 11) is 0. The Labute approximate surface area is 61.8 Å². The molecule has 0 spiro atoms. The average Bonchev–Trinajstić information content (AvgIpc) is 1.87. The first-order valence-corrected chi connectivity index (χ1v) is 3.99. The SMILES string of the molecule is CC1(C)C2C=CC(O)C1C2. The van der Waals surface area contributed by atoms with Crippen LogP contribution in [-0.4, -0.2) is 11.2 Å². The molecule has 1 heteroatoms. The van der Waals surface area contributed by atoms with E-state index < -0.39 is 0 Å². The van der Waals surface area contributed by atoms with Gasteiger partial charge >= 0.3 is 0 Å². The summed E-state index contributed by atoms with van der Waals surface area (Å²) < 4.78 is 0. The zero-order chi connectivity index (χ0) is 7.35. The van der Waals surface area contributed by atoms with Crippen molar-refractivity contribution in [3.63, 3.8) is 0 Å². The highest BCUT2D eigenvalue weighted by atomic mass is 16.3. The topological polar surface area (TPSA) is 20.2 Å². The molecule has 2 bridgehead atoms. The van der Waals surface area contributed by atoms with Gasteiger partial charge in [-0.1, -0.05) is 26.0 Å². The summed E-state index contributed by atoms with van der Waals surface area (Å²) in [6.45, 7) is 4.50. The molecule has 0 amide bonds. The Balaban J connectivity index is 2.28. The van der Waals surface area contributed by atoms with E-state index in [2.05, 4.69) is 19.9 Å². The van der Waals surface area contributed by atoms with E-state index in [1.165, 1.54) is 6.42 Å². The summed E-state index contributed by atoms with van der Waals surface area (Å²) in [5, 5.41) is 9.46. The van der Waals surface area contributed by atoms with Crippen molar-refractivity contribution in [3.05, 3.63) is 12.2 Å². The fourth-order valence-electron chi connectivity index (χ4n) is 2.28. The molecule has 0 heterocycles. The number of hydrogen-bond acceptors (Lipinski definition) is 1. The predicted molar refractivity (Wildman–Crippen MR) is 40.5 cm³/mol. The van der Waals surface area contributed by atoms with Gasteiger partial charge in [-0.25, -0.2) is 0 Å². The van der Waals surface area contributed by atoms with Gasteiger partial charge in [0.2, 0.25) is 0 Å². The largest absolute Gasteiger partial charge is 0.389 e. The lowest BCUT2D eigenvalue weighted by molar-refractivity contribution is -0.0692.